The van der Waals surface area contributed by atoms with Gasteiger partial charge >= 0.3 is 37.1 Å². The Bertz CT molecular complexity index is 53.0. The van der Waals surface area contributed by atoms with Crippen LogP contribution in [0.1, 0.15) is 0 Å². The van der Waals surface area contributed by atoms with Crippen LogP contribution in [0.3, 0.4) is 0 Å². The molecule has 0 radical (unpaired) electrons. The number of halogens is 1. The van der Waals surface area contributed by atoms with Gasteiger partial charge in [0.1, 0.15) is 0 Å². The van der Waals surface area contributed by atoms with Gasteiger partial charge in [0.15, 0.2) is 0 Å². The molecular weight excluding hydrogens is 205 g/mol. The molecule has 0 rings (SSSR count). The van der Waals surface area contributed by atoms with Crippen molar-refractivity contribution < 1.29 is 9.79 Å². The molecule has 0 spiro atoms. The first kappa shape index (κ1) is 5.83. The van der Waals surface area contributed by atoms with E-state index in [0.717, 1.165) is 0 Å². The summed E-state index contributed by atoms with van der Waals surface area (Å²) in [6, 6.07) is 0. The third-order valence-corrected chi connectivity index (χ3v) is 0. The van der Waals surface area contributed by atoms with Crippen LogP contribution >= 0.6 is 8.83 Å². The summed E-state index contributed by atoms with van der Waals surface area (Å²) < 4.78 is 24.2. The van der Waals surface area contributed by atoms with Gasteiger partial charge in [-0.1, -0.05) is 0 Å². The summed E-state index contributed by atoms with van der Waals surface area (Å²) in [5, 5.41) is 0. The summed E-state index contributed by atoms with van der Waals surface area (Å²) in [5.41, 5.74) is 0. The molecule has 0 aliphatic heterocycles. The average Bonchev–Trinajstić information content (AvgIpc) is 0.722. The van der Waals surface area contributed by atoms with Crippen molar-refractivity contribution in [2.75, 3.05) is 0 Å². The summed E-state index contributed by atoms with van der Waals surface area (Å²) in [5.74, 6) is 0. The fourth-order valence-electron chi connectivity index (χ4n) is 0. The summed E-state index contributed by atoms with van der Waals surface area (Å²) in [7, 11) is 4.29. The Kier molecular flexibility index (Phi) is 1.77. The molecule has 0 saturated heterocycles. The molecule has 3 nitrogen and oxygen atoms in total. The predicted octanol–water partition coefficient (Wildman–Crippen LogP) is -0.924. The summed E-state index contributed by atoms with van der Waals surface area (Å²) in [6.07, 6.45) is 0. The van der Waals surface area contributed by atoms with Crippen LogP contribution in [-0.2, 0) is 3.02 Å². The van der Waals surface area contributed by atoms with Gasteiger partial charge in [-0.25, -0.2) is 0 Å². The summed E-state index contributed by atoms with van der Waals surface area (Å²) in [6.45, 7) is 0. The molecular formula is H2ClO3Sb. The standard InChI is InChI=1S/ClH.2H2O.O.Sb/h1H;2*1H2;;/q;;;;+3/p-3. The number of hydrogen-bond donors (Lipinski definition) is 2. The van der Waals surface area contributed by atoms with Gasteiger partial charge in [0.2, 0.25) is 0 Å². The van der Waals surface area contributed by atoms with Crippen molar-refractivity contribution in [3.63, 3.8) is 0 Å². The molecule has 0 aromatic rings. The zero-order valence-electron chi connectivity index (χ0n) is 2.13. The first-order chi connectivity index (χ1) is 2.00. The Morgan fingerprint density at radius 1 is 1.60 bits per heavy atom. The van der Waals surface area contributed by atoms with Crippen molar-refractivity contribution in [2.24, 2.45) is 0 Å². The van der Waals surface area contributed by atoms with Crippen LogP contribution in [0.25, 0.3) is 0 Å². The molecule has 0 unspecified atom stereocenters. The third kappa shape index (κ3) is 56.3. The van der Waals surface area contributed by atoms with E-state index in [0.29, 0.717) is 0 Å². The van der Waals surface area contributed by atoms with Gasteiger partial charge < -0.3 is 0 Å². The fourth-order valence-corrected chi connectivity index (χ4v) is 0. The van der Waals surface area contributed by atoms with Gasteiger partial charge in [0, 0.05) is 0 Å². The van der Waals surface area contributed by atoms with E-state index < -0.39 is 18.5 Å². The average molecular weight is 207 g/mol. The van der Waals surface area contributed by atoms with E-state index >= 15 is 0 Å². The molecule has 0 bridgehead atoms. The Labute approximate surface area is 37.4 Å². The second-order valence-corrected chi connectivity index (χ2v) is 6.13. The number of hydrogen-bond acceptors (Lipinski definition) is 1. The molecule has 0 saturated carbocycles. The van der Waals surface area contributed by atoms with E-state index in [9.17, 15) is 3.02 Å². The fraction of sp³-hybridized carbons (Fsp3) is 0. The molecule has 5 heavy (non-hydrogen) atoms. The molecule has 2 N–H and O–H groups in total. The van der Waals surface area contributed by atoms with E-state index in [2.05, 4.69) is 8.83 Å². The van der Waals surface area contributed by atoms with Crippen molar-refractivity contribution in [1.29, 1.82) is 0 Å². The predicted molar refractivity (Wildman–Crippen MR) is 16.7 cm³/mol. The van der Waals surface area contributed by atoms with E-state index in [1.807, 2.05) is 0 Å². The number of rotatable bonds is 0. The molecule has 5 heteroatoms. The van der Waals surface area contributed by atoms with Crippen LogP contribution in [0.4, 0.5) is 0 Å². The van der Waals surface area contributed by atoms with Crippen LogP contribution in [0, 0.1) is 0 Å². The molecule has 0 aliphatic rings. The third-order valence-electron chi connectivity index (χ3n) is 0. The van der Waals surface area contributed by atoms with Crippen molar-refractivity contribution in [3.8, 4) is 0 Å². The van der Waals surface area contributed by atoms with Crippen LogP contribution in [0.15, 0.2) is 0 Å². The molecule has 0 atom stereocenters. The Balaban J connectivity index is 3.47. The van der Waals surface area contributed by atoms with Gasteiger partial charge in [0.25, 0.3) is 0 Å². The van der Waals surface area contributed by atoms with Crippen molar-refractivity contribution in [1.82, 2.24) is 0 Å². The molecule has 0 aromatic heterocycles. The van der Waals surface area contributed by atoms with Gasteiger partial charge in [0.05, 0.1) is 0 Å². The SMILES string of the molecule is [O]=[Sb]([OH])([OH])[Cl]. The zero-order chi connectivity index (χ0) is 4.50. The van der Waals surface area contributed by atoms with Gasteiger partial charge in [-0.05, 0) is 0 Å². The zero-order valence-corrected chi connectivity index (χ0v) is 5.44. The van der Waals surface area contributed by atoms with Crippen molar-refractivity contribution >= 4 is 27.3 Å². The molecule has 0 amide bonds. The van der Waals surface area contributed by atoms with Crippen LogP contribution in [-0.4, -0.2) is 25.3 Å². The Morgan fingerprint density at radius 2 is 1.60 bits per heavy atom. The van der Waals surface area contributed by atoms with Crippen LogP contribution in [0.5, 0.6) is 0 Å². The minimum atomic E-state index is -4.88. The first-order valence-electron chi connectivity index (χ1n) is 0.752. The van der Waals surface area contributed by atoms with Crippen LogP contribution < -0.4 is 0 Å². The molecule has 32 valence electrons. The monoisotopic (exact) mass is 206 g/mol. The van der Waals surface area contributed by atoms with Gasteiger partial charge in [-0.15, -0.1) is 0 Å². The van der Waals surface area contributed by atoms with Gasteiger partial charge in [-0.3, -0.25) is 0 Å². The topological polar surface area (TPSA) is 57.5 Å². The summed E-state index contributed by atoms with van der Waals surface area (Å²) in [4.78, 5) is 0. The summed E-state index contributed by atoms with van der Waals surface area (Å²) >= 11 is -4.88. The normalized spacial score (nSPS) is 11.8. The van der Waals surface area contributed by atoms with Crippen molar-refractivity contribution in [3.05, 3.63) is 0 Å². The quantitative estimate of drug-likeness (QED) is 0.505. The second-order valence-electron chi connectivity index (χ2n) is 0.473. The van der Waals surface area contributed by atoms with Gasteiger partial charge in [-0.2, -0.15) is 0 Å². The molecule has 0 heterocycles. The Hall–Kier alpha value is 0.828. The maximum atomic E-state index is 9.18. The van der Waals surface area contributed by atoms with Crippen LogP contribution in [0.2, 0.25) is 0 Å². The Morgan fingerprint density at radius 3 is 1.60 bits per heavy atom. The van der Waals surface area contributed by atoms with E-state index in [1.54, 1.807) is 0 Å². The molecule has 0 aromatic carbocycles. The van der Waals surface area contributed by atoms with E-state index in [4.69, 9.17) is 6.77 Å². The van der Waals surface area contributed by atoms with E-state index in [-0.39, 0.29) is 0 Å². The first-order valence-corrected chi connectivity index (χ1v) is 7.31. The van der Waals surface area contributed by atoms with E-state index in [1.165, 1.54) is 0 Å². The van der Waals surface area contributed by atoms with Crippen molar-refractivity contribution in [2.45, 2.75) is 0 Å². The molecule has 0 aliphatic carbocycles. The minimum absolute atomic E-state index is 4.29. The second kappa shape index (κ2) is 1.52. The maximum absolute atomic E-state index is 9.18. The molecule has 0 fully saturated rings.